The lowest BCUT2D eigenvalue weighted by atomic mass is 9.72. The molecule has 2 heterocycles. The molecule has 6 heteroatoms. The average Bonchev–Trinajstić information content (AvgIpc) is 2.94. The molecule has 0 unspecified atom stereocenters. The second kappa shape index (κ2) is 6.77. The van der Waals surface area contributed by atoms with E-state index in [2.05, 4.69) is 10.2 Å². The van der Waals surface area contributed by atoms with Gasteiger partial charge in [0, 0.05) is 25.0 Å². The predicted octanol–water partition coefficient (Wildman–Crippen LogP) is 0.350. The van der Waals surface area contributed by atoms with Crippen molar-refractivity contribution in [2.45, 2.75) is 57.1 Å². The smallest absolute Gasteiger partial charge is 0.239 e. The van der Waals surface area contributed by atoms with E-state index in [4.69, 9.17) is 0 Å². The van der Waals surface area contributed by atoms with Crippen LogP contribution in [0.2, 0.25) is 0 Å². The molecule has 2 aliphatic heterocycles. The second-order valence-electron chi connectivity index (χ2n) is 7.55. The van der Waals surface area contributed by atoms with Crippen LogP contribution in [0.15, 0.2) is 0 Å². The Bertz CT molecular complexity index is 466. The van der Waals surface area contributed by atoms with Crippen LogP contribution in [0.5, 0.6) is 0 Å². The van der Waals surface area contributed by atoms with Gasteiger partial charge < -0.3 is 15.3 Å². The van der Waals surface area contributed by atoms with Crippen molar-refractivity contribution in [3.8, 4) is 0 Å². The average molecular weight is 323 g/mol. The Morgan fingerprint density at radius 1 is 1.30 bits per heavy atom. The number of carbonyl (C=O) groups excluding carboxylic acids is 2. The molecule has 130 valence electrons. The Hall–Kier alpha value is -1.14. The van der Waals surface area contributed by atoms with Gasteiger partial charge >= 0.3 is 0 Å². The van der Waals surface area contributed by atoms with Crippen LogP contribution in [0.3, 0.4) is 0 Å². The van der Waals surface area contributed by atoms with E-state index < -0.39 is 5.60 Å². The number of hydrogen-bond acceptors (Lipinski definition) is 4. The maximum Gasteiger partial charge on any atom is 0.239 e. The topological polar surface area (TPSA) is 72.9 Å². The second-order valence-corrected chi connectivity index (χ2v) is 7.55. The fourth-order valence-electron chi connectivity index (χ4n) is 4.58. The van der Waals surface area contributed by atoms with E-state index in [0.717, 1.165) is 38.6 Å². The third kappa shape index (κ3) is 3.69. The summed E-state index contributed by atoms with van der Waals surface area (Å²) in [6, 6.07) is 0.299. The molecule has 3 rings (SSSR count). The summed E-state index contributed by atoms with van der Waals surface area (Å²) in [5, 5.41) is 13.5. The van der Waals surface area contributed by atoms with Crippen LogP contribution >= 0.6 is 0 Å². The van der Waals surface area contributed by atoms with Crippen LogP contribution < -0.4 is 5.32 Å². The van der Waals surface area contributed by atoms with Crippen molar-refractivity contribution >= 4 is 11.8 Å². The van der Waals surface area contributed by atoms with Crippen molar-refractivity contribution in [2.75, 3.05) is 32.7 Å². The first-order valence-corrected chi connectivity index (χ1v) is 8.98. The highest BCUT2D eigenvalue weighted by molar-refractivity contribution is 5.86. The summed E-state index contributed by atoms with van der Waals surface area (Å²) in [7, 11) is 0. The molecule has 0 bridgehead atoms. The zero-order valence-corrected chi connectivity index (χ0v) is 14.1. The van der Waals surface area contributed by atoms with E-state index in [0.29, 0.717) is 25.7 Å². The van der Waals surface area contributed by atoms with E-state index in [9.17, 15) is 14.7 Å². The summed E-state index contributed by atoms with van der Waals surface area (Å²) in [5.74, 6) is 0.233. The maximum absolute atomic E-state index is 12.5. The number of hydrogen-bond donors (Lipinski definition) is 2. The molecular weight excluding hydrogens is 294 g/mol. The molecule has 6 nitrogen and oxygen atoms in total. The molecule has 3 fully saturated rings. The van der Waals surface area contributed by atoms with Gasteiger partial charge in [-0.15, -0.1) is 0 Å². The van der Waals surface area contributed by atoms with E-state index in [-0.39, 0.29) is 24.3 Å². The lowest BCUT2D eigenvalue weighted by Gasteiger charge is -2.43. The SMILES string of the molecule is C[C@]1(O)CCCC[C@@H]1[C@@H]1CCCN1CC(=O)N1CCNC(=O)C1. The van der Waals surface area contributed by atoms with Crippen molar-refractivity contribution in [2.24, 2.45) is 5.92 Å². The first kappa shape index (κ1) is 16.7. The predicted molar refractivity (Wildman–Crippen MR) is 86.8 cm³/mol. The van der Waals surface area contributed by atoms with Crippen LogP contribution in [-0.4, -0.2) is 71.1 Å². The molecule has 2 amide bonds. The van der Waals surface area contributed by atoms with Gasteiger partial charge in [0.05, 0.1) is 18.7 Å². The Morgan fingerprint density at radius 3 is 2.87 bits per heavy atom. The Morgan fingerprint density at radius 2 is 2.13 bits per heavy atom. The highest BCUT2D eigenvalue weighted by atomic mass is 16.3. The largest absolute Gasteiger partial charge is 0.390 e. The molecule has 23 heavy (non-hydrogen) atoms. The molecule has 0 aromatic heterocycles. The molecule has 2 N–H and O–H groups in total. The number of carbonyl (C=O) groups is 2. The molecule has 0 radical (unpaired) electrons. The molecule has 1 saturated carbocycles. The summed E-state index contributed by atoms with van der Waals surface area (Å²) >= 11 is 0. The first-order chi connectivity index (χ1) is 11.0. The molecule has 0 aromatic rings. The monoisotopic (exact) mass is 323 g/mol. The van der Waals surface area contributed by atoms with E-state index in [1.54, 1.807) is 4.90 Å². The number of piperazine rings is 1. The van der Waals surface area contributed by atoms with Crippen molar-refractivity contribution in [3.63, 3.8) is 0 Å². The van der Waals surface area contributed by atoms with Crippen LogP contribution in [0.25, 0.3) is 0 Å². The van der Waals surface area contributed by atoms with Gasteiger partial charge in [-0.1, -0.05) is 12.8 Å². The summed E-state index contributed by atoms with van der Waals surface area (Å²) in [4.78, 5) is 27.9. The fraction of sp³-hybridized carbons (Fsp3) is 0.882. The number of nitrogens with zero attached hydrogens (tertiary/aromatic N) is 2. The van der Waals surface area contributed by atoms with E-state index in [1.807, 2.05) is 6.92 Å². The third-order valence-electron chi connectivity index (χ3n) is 5.85. The van der Waals surface area contributed by atoms with Crippen LogP contribution in [0.1, 0.15) is 45.4 Å². The Balaban J connectivity index is 1.62. The zero-order chi connectivity index (χ0) is 16.4. The Labute approximate surface area is 138 Å². The quantitative estimate of drug-likeness (QED) is 0.786. The van der Waals surface area contributed by atoms with Crippen LogP contribution in [-0.2, 0) is 9.59 Å². The maximum atomic E-state index is 12.5. The molecular formula is C17H29N3O3. The zero-order valence-electron chi connectivity index (χ0n) is 14.1. The Kier molecular flexibility index (Phi) is 4.92. The molecule has 2 saturated heterocycles. The highest BCUT2D eigenvalue weighted by Gasteiger charge is 2.43. The van der Waals surface area contributed by atoms with Crippen LogP contribution in [0, 0.1) is 5.92 Å². The lowest BCUT2D eigenvalue weighted by molar-refractivity contribution is -0.140. The third-order valence-corrected chi connectivity index (χ3v) is 5.85. The van der Waals surface area contributed by atoms with Gasteiger partial charge in [-0.2, -0.15) is 0 Å². The minimum atomic E-state index is -0.612. The van der Waals surface area contributed by atoms with Gasteiger partial charge in [-0.25, -0.2) is 0 Å². The molecule has 0 spiro atoms. The normalized spacial score (nSPS) is 36.1. The van der Waals surface area contributed by atoms with Crippen LogP contribution in [0.4, 0.5) is 0 Å². The number of aliphatic hydroxyl groups is 1. The van der Waals surface area contributed by atoms with Gasteiger partial charge in [0.1, 0.15) is 0 Å². The van der Waals surface area contributed by atoms with Crippen molar-refractivity contribution < 1.29 is 14.7 Å². The number of likely N-dealkylation sites (tertiary alicyclic amines) is 1. The highest BCUT2D eigenvalue weighted by Crippen LogP contribution is 2.40. The van der Waals surface area contributed by atoms with Gasteiger partial charge in [-0.3, -0.25) is 14.5 Å². The van der Waals surface area contributed by atoms with E-state index >= 15 is 0 Å². The minimum absolute atomic E-state index is 0.0437. The molecule has 1 aliphatic carbocycles. The van der Waals surface area contributed by atoms with Gasteiger partial charge in [-0.05, 0) is 39.2 Å². The van der Waals surface area contributed by atoms with Crippen molar-refractivity contribution in [1.82, 2.24) is 15.1 Å². The van der Waals surface area contributed by atoms with Crippen molar-refractivity contribution in [3.05, 3.63) is 0 Å². The van der Waals surface area contributed by atoms with Gasteiger partial charge in [0.25, 0.3) is 0 Å². The molecule has 3 aliphatic rings. The molecule has 0 aromatic carbocycles. The number of amides is 2. The van der Waals surface area contributed by atoms with Gasteiger partial charge in [0.15, 0.2) is 0 Å². The number of nitrogens with one attached hydrogen (secondary N) is 1. The fourth-order valence-corrected chi connectivity index (χ4v) is 4.58. The molecule has 3 atom stereocenters. The van der Waals surface area contributed by atoms with E-state index in [1.165, 1.54) is 6.42 Å². The summed E-state index contributed by atoms with van der Waals surface area (Å²) in [6.45, 7) is 4.59. The summed E-state index contributed by atoms with van der Waals surface area (Å²) in [5.41, 5.74) is -0.612. The minimum Gasteiger partial charge on any atom is -0.390 e. The lowest BCUT2D eigenvalue weighted by Crippen LogP contribution is -2.54. The van der Waals surface area contributed by atoms with Gasteiger partial charge in [0.2, 0.25) is 11.8 Å². The summed E-state index contributed by atoms with van der Waals surface area (Å²) in [6.07, 6.45) is 6.33. The first-order valence-electron chi connectivity index (χ1n) is 8.98. The van der Waals surface area contributed by atoms with Crippen molar-refractivity contribution in [1.29, 1.82) is 0 Å². The number of rotatable bonds is 3. The standard InChI is InChI=1S/C17H29N3O3/c1-17(23)7-3-2-5-13(17)14-6-4-9-19(14)12-16(22)20-10-8-18-15(21)11-20/h13-14,23H,2-12H2,1H3,(H,18,21)/t13-,14+,17+/m1/s1. The summed E-state index contributed by atoms with van der Waals surface area (Å²) < 4.78 is 0.